The molecule has 1 aromatic rings. The van der Waals surface area contributed by atoms with Gasteiger partial charge in [0.15, 0.2) is 0 Å². The molecule has 6 nitrogen and oxygen atoms in total. The number of halogens is 1. The normalized spacial score (nSPS) is 23.0. The van der Waals surface area contributed by atoms with E-state index in [0.717, 1.165) is 19.3 Å². The highest BCUT2D eigenvalue weighted by molar-refractivity contribution is 5.97. The van der Waals surface area contributed by atoms with Gasteiger partial charge in [-0.3, -0.25) is 9.59 Å². The predicted molar refractivity (Wildman–Crippen MR) is 99.0 cm³/mol. The molecule has 3 N–H and O–H groups in total. The summed E-state index contributed by atoms with van der Waals surface area (Å²) in [5.74, 6) is 0.212. The van der Waals surface area contributed by atoms with Crippen molar-refractivity contribution in [3.8, 4) is 0 Å². The van der Waals surface area contributed by atoms with Crippen molar-refractivity contribution in [2.24, 2.45) is 11.7 Å². The maximum absolute atomic E-state index is 12.5. The molecule has 0 aromatic heterocycles. The minimum Gasteiger partial charge on any atom is -0.378 e. The Morgan fingerprint density at radius 3 is 2.68 bits per heavy atom. The molecule has 0 radical (unpaired) electrons. The van der Waals surface area contributed by atoms with Crippen LogP contribution in [-0.4, -0.2) is 49.1 Å². The van der Waals surface area contributed by atoms with Gasteiger partial charge in [-0.05, 0) is 37.0 Å². The second-order valence-electron chi connectivity index (χ2n) is 6.59. The van der Waals surface area contributed by atoms with Crippen LogP contribution >= 0.6 is 12.4 Å². The van der Waals surface area contributed by atoms with Crippen molar-refractivity contribution < 1.29 is 14.3 Å². The van der Waals surface area contributed by atoms with Gasteiger partial charge in [-0.2, -0.15) is 0 Å². The van der Waals surface area contributed by atoms with Gasteiger partial charge in [-0.1, -0.05) is 12.5 Å². The molecule has 7 heteroatoms. The number of nitrogens with one attached hydrogen (secondary N) is 1. The lowest BCUT2D eigenvalue weighted by molar-refractivity contribution is -0.117. The van der Waals surface area contributed by atoms with E-state index in [1.54, 1.807) is 23.1 Å². The van der Waals surface area contributed by atoms with Crippen LogP contribution in [0, 0.1) is 5.92 Å². The van der Waals surface area contributed by atoms with Gasteiger partial charge < -0.3 is 20.7 Å². The van der Waals surface area contributed by atoms with Gasteiger partial charge in [0.2, 0.25) is 5.91 Å². The predicted octanol–water partition coefficient (Wildman–Crippen LogP) is 2.04. The SMILES string of the molecule is Cl.N[C@@H]1CCC[C@H]1CC(=O)Nc1cccc(C(=O)N2CCOCC2)c1. The Morgan fingerprint density at radius 2 is 2.00 bits per heavy atom. The molecule has 3 rings (SSSR count). The van der Waals surface area contributed by atoms with Gasteiger partial charge in [0.05, 0.1) is 13.2 Å². The fraction of sp³-hybridized carbons (Fsp3) is 0.556. The van der Waals surface area contributed by atoms with Crippen LogP contribution in [-0.2, 0) is 9.53 Å². The minimum atomic E-state index is -0.0340. The van der Waals surface area contributed by atoms with Crippen LogP contribution in [0.2, 0.25) is 0 Å². The van der Waals surface area contributed by atoms with E-state index in [1.165, 1.54) is 0 Å². The number of anilines is 1. The average Bonchev–Trinajstić information content (AvgIpc) is 3.00. The number of nitrogens with zero attached hydrogens (tertiary/aromatic N) is 1. The summed E-state index contributed by atoms with van der Waals surface area (Å²) in [5.41, 5.74) is 7.27. The summed E-state index contributed by atoms with van der Waals surface area (Å²) in [5, 5.41) is 2.90. The number of rotatable bonds is 4. The Balaban J connectivity index is 0.00000225. The zero-order valence-corrected chi connectivity index (χ0v) is 15.1. The molecule has 0 bridgehead atoms. The van der Waals surface area contributed by atoms with Crippen LogP contribution in [0.4, 0.5) is 5.69 Å². The Bertz CT molecular complexity index is 605. The molecule has 2 atom stereocenters. The number of benzene rings is 1. The smallest absolute Gasteiger partial charge is 0.254 e. The molecular weight excluding hydrogens is 342 g/mol. The second-order valence-corrected chi connectivity index (χ2v) is 6.59. The number of carbonyl (C=O) groups is 2. The molecule has 1 aliphatic heterocycles. The molecule has 1 saturated heterocycles. The van der Waals surface area contributed by atoms with Gasteiger partial charge in [0, 0.05) is 36.8 Å². The second kappa shape index (κ2) is 9.17. The average molecular weight is 368 g/mol. The number of ether oxygens (including phenoxy) is 1. The van der Waals surface area contributed by atoms with Crippen LogP contribution in [0.5, 0.6) is 0 Å². The summed E-state index contributed by atoms with van der Waals surface area (Å²) in [6.45, 7) is 2.36. The maximum Gasteiger partial charge on any atom is 0.254 e. The number of carbonyl (C=O) groups excluding carboxylic acids is 2. The number of hydrogen-bond donors (Lipinski definition) is 2. The van der Waals surface area contributed by atoms with E-state index in [4.69, 9.17) is 10.5 Å². The lowest BCUT2D eigenvalue weighted by Gasteiger charge is -2.27. The van der Waals surface area contributed by atoms with Crippen molar-refractivity contribution >= 4 is 29.9 Å². The Kier molecular flexibility index (Phi) is 7.23. The summed E-state index contributed by atoms with van der Waals surface area (Å²) in [6, 6.07) is 7.25. The van der Waals surface area contributed by atoms with Crippen LogP contribution < -0.4 is 11.1 Å². The molecular formula is C18H26ClN3O3. The number of morpholine rings is 1. The van der Waals surface area contributed by atoms with E-state index < -0.39 is 0 Å². The summed E-state index contributed by atoms with van der Waals surface area (Å²) < 4.78 is 5.27. The van der Waals surface area contributed by atoms with Crippen LogP contribution in [0.1, 0.15) is 36.0 Å². The van der Waals surface area contributed by atoms with Gasteiger partial charge in [0.25, 0.3) is 5.91 Å². The lowest BCUT2D eigenvalue weighted by Crippen LogP contribution is -2.40. The molecule has 0 spiro atoms. The fourth-order valence-electron chi connectivity index (χ4n) is 3.45. The molecule has 2 aliphatic rings. The van der Waals surface area contributed by atoms with E-state index in [0.29, 0.717) is 44.0 Å². The molecule has 1 aliphatic carbocycles. The first kappa shape index (κ1) is 19.7. The third kappa shape index (κ3) is 5.17. The topological polar surface area (TPSA) is 84.7 Å². The van der Waals surface area contributed by atoms with Crippen LogP contribution in [0.25, 0.3) is 0 Å². The molecule has 0 unspecified atom stereocenters. The largest absolute Gasteiger partial charge is 0.378 e. The standard InChI is InChI=1S/C18H25N3O3.ClH/c19-16-6-2-3-13(16)12-17(22)20-15-5-1-4-14(11-15)18(23)21-7-9-24-10-8-21;/h1,4-5,11,13,16H,2-3,6-10,12,19H2,(H,20,22);1H/t13-,16+;/m0./s1. The molecule has 25 heavy (non-hydrogen) atoms. The third-order valence-corrected chi connectivity index (χ3v) is 4.86. The summed E-state index contributed by atoms with van der Waals surface area (Å²) >= 11 is 0. The fourth-order valence-corrected chi connectivity index (χ4v) is 3.45. The number of nitrogens with two attached hydrogens (primary N) is 1. The highest BCUT2D eigenvalue weighted by atomic mass is 35.5. The van der Waals surface area contributed by atoms with Gasteiger partial charge >= 0.3 is 0 Å². The van der Waals surface area contributed by atoms with E-state index in [2.05, 4.69) is 5.32 Å². The quantitative estimate of drug-likeness (QED) is 0.852. The first-order valence-corrected chi connectivity index (χ1v) is 8.66. The van der Waals surface area contributed by atoms with E-state index in [-0.39, 0.29) is 36.2 Å². The van der Waals surface area contributed by atoms with E-state index in [1.807, 2.05) is 6.07 Å². The summed E-state index contributed by atoms with van der Waals surface area (Å²) in [4.78, 5) is 26.5. The van der Waals surface area contributed by atoms with Crippen molar-refractivity contribution in [1.82, 2.24) is 4.90 Å². The van der Waals surface area contributed by atoms with Crippen LogP contribution in [0.15, 0.2) is 24.3 Å². The third-order valence-electron chi connectivity index (χ3n) is 4.86. The monoisotopic (exact) mass is 367 g/mol. The van der Waals surface area contributed by atoms with Crippen LogP contribution in [0.3, 0.4) is 0 Å². The molecule has 1 aromatic carbocycles. The van der Waals surface area contributed by atoms with Crippen molar-refractivity contribution in [1.29, 1.82) is 0 Å². The van der Waals surface area contributed by atoms with Gasteiger partial charge in [0.1, 0.15) is 0 Å². The van der Waals surface area contributed by atoms with E-state index >= 15 is 0 Å². The number of hydrogen-bond acceptors (Lipinski definition) is 4. The zero-order valence-electron chi connectivity index (χ0n) is 14.3. The van der Waals surface area contributed by atoms with Crippen molar-refractivity contribution in [3.05, 3.63) is 29.8 Å². The van der Waals surface area contributed by atoms with Gasteiger partial charge in [-0.25, -0.2) is 0 Å². The Labute approximate surface area is 154 Å². The highest BCUT2D eigenvalue weighted by Crippen LogP contribution is 2.27. The Morgan fingerprint density at radius 1 is 1.24 bits per heavy atom. The lowest BCUT2D eigenvalue weighted by atomic mass is 10.00. The number of amides is 2. The van der Waals surface area contributed by atoms with Crippen molar-refractivity contribution in [3.63, 3.8) is 0 Å². The molecule has 2 fully saturated rings. The first-order chi connectivity index (χ1) is 11.6. The van der Waals surface area contributed by atoms with Gasteiger partial charge in [-0.15, -0.1) is 12.4 Å². The zero-order chi connectivity index (χ0) is 16.9. The maximum atomic E-state index is 12.5. The minimum absolute atomic E-state index is 0. The molecule has 2 amide bonds. The highest BCUT2D eigenvalue weighted by Gasteiger charge is 2.26. The molecule has 138 valence electrons. The molecule has 1 saturated carbocycles. The summed E-state index contributed by atoms with van der Waals surface area (Å²) in [7, 11) is 0. The molecule has 1 heterocycles. The Hall–Kier alpha value is -1.63. The van der Waals surface area contributed by atoms with Crippen molar-refractivity contribution in [2.45, 2.75) is 31.7 Å². The summed E-state index contributed by atoms with van der Waals surface area (Å²) in [6.07, 6.45) is 3.57. The van der Waals surface area contributed by atoms with E-state index in [9.17, 15) is 9.59 Å². The van der Waals surface area contributed by atoms with Crippen molar-refractivity contribution in [2.75, 3.05) is 31.6 Å². The first-order valence-electron chi connectivity index (χ1n) is 8.66.